The molecule has 7 heteroatoms. The van der Waals surface area contributed by atoms with Crippen LogP contribution in [0, 0.1) is 0 Å². The normalized spacial score (nSPS) is 20.8. The molecule has 3 nitrogen and oxygen atoms in total. The minimum Gasteiger partial charge on any atom is -0.334 e. The molecule has 0 atom stereocenters. The molecular formula is C15H13ClN2OS3. The zero-order chi connectivity index (χ0) is 15.9. The lowest BCUT2D eigenvalue weighted by molar-refractivity contribution is -0.121. The maximum absolute atomic E-state index is 12.6. The van der Waals surface area contributed by atoms with Gasteiger partial charge in [0, 0.05) is 23.0 Å². The minimum absolute atomic E-state index is 0.0465. The van der Waals surface area contributed by atoms with E-state index in [4.69, 9.17) is 23.8 Å². The molecule has 0 bridgehead atoms. The molecule has 22 heavy (non-hydrogen) atoms. The minimum atomic E-state index is -0.0465. The van der Waals surface area contributed by atoms with E-state index in [1.54, 1.807) is 22.7 Å². The molecule has 114 valence electrons. The number of amides is 1. The molecule has 0 saturated carbocycles. The van der Waals surface area contributed by atoms with Gasteiger partial charge in [0.1, 0.15) is 14.3 Å². The van der Waals surface area contributed by atoms with Gasteiger partial charge in [0.2, 0.25) is 0 Å². The molecule has 1 saturated heterocycles. The molecule has 2 heterocycles. The van der Waals surface area contributed by atoms with E-state index in [-0.39, 0.29) is 5.91 Å². The molecule has 1 amide bonds. The molecule has 1 fully saturated rings. The second kappa shape index (κ2) is 6.28. The number of nitrogens with zero attached hydrogens (tertiary/aromatic N) is 2. The van der Waals surface area contributed by atoms with Crippen molar-refractivity contribution in [3.8, 4) is 0 Å². The number of benzene rings is 1. The smallest absolute Gasteiger partial charge is 0.269 e. The van der Waals surface area contributed by atoms with E-state index < -0.39 is 0 Å². The van der Waals surface area contributed by atoms with Gasteiger partial charge in [0.05, 0.1) is 5.69 Å². The Kier molecular flexibility index (Phi) is 4.54. The van der Waals surface area contributed by atoms with E-state index in [0.717, 1.165) is 22.2 Å². The largest absolute Gasteiger partial charge is 0.334 e. The Balaban J connectivity index is 2.04. The Morgan fingerprint density at radius 2 is 2.14 bits per heavy atom. The van der Waals surface area contributed by atoms with Crippen molar-refractivity contribution in [1.82, 2.24) is 4.90 Å². The monoisotopic (exact) mass is 368 g/mol. The molecule has 2 aliphatic rings. The fourth-order valence-electron chi connectivity index (χ4n) is 2.35. The van der Waals surface area contributed by atoms with E-state index in [9.17, 15) is 4.79 Å². The van der Waals surface area contributed by atoms with Crippen molar-refractivity contribution in [2.24, 2.45) is 0 Å². The molecule has 0 aromatic heterocycles. The lowest BCUT2D eigenvalue weighted by Crippen LogP contribution is -2.29. The van der Waals surface area contributed by atoms with Crippen LogP contribution in [0.5, 0.6) is 0 Å². The van der Waals surface area contributed by atoms with Crippen LogP contribution in [0.25, 0.3) is 0 Å². The molecule has 0 radical (unpaired) electrons. The first-order chi connectivity index (χ1) is 10.6. The molecular weight excluding hydrogens is 356 g/mol. The van der Waals surface area contributed by atoms with Crippen LogP contribution in [0.4, 0.5) is 5.69 Å². The van der Waals surface area contributed by atoms with Crippen molar-refractivity contribution in [2.75, 3.05) is 18.0 Å². The number of rotatable bonds is 3. The quantitative estimate of drug-likeness (QED) is 0.444. The van der Waals surface area contributed by atoms with Crippen LogP contribution in [0.1, 0.15) is 6.92 Å². The van der Waals surface area contributed by atoms with Gasteiger partial charge in [0.25, 0.3) is 5.91 Å². The van der Waals surface area contributed by atoms with E-state index in [2.05, 4.69) is 18.4 Å². The molecule has 1 aromatic rings. The topological polar surface area (TPSA) is 23.6 Å². The zero-order valence-corrected chi connectivity index (χ0v) is 15.0. The van der Waals surface area contributed by atoms with Gasteiger partial charge < -0.3 is 4.90 Å². The van der Waals surface area contributed by atoms with Crippen molar-refractivity contribution in [1.29, 1.82) is 0 Å². The van der Waals surface area contributed by atoms with Crippen LogP contribution >= 0.6 is 47.3 Å². The van der Waals surface area contributed by atoms with E-state index in [1.807, 2.05) is 18.2 Å². The van der Waals surface area contributed by atoms with Crippen LogP contribution in [0.3, 0.4) is 0 Å². The highest BCUT2D eigenvalue weighted by Gasteiger charge is 2.38. The Hall–Kier alpha value is -0.950. The highest BCUT2D eigenvalue weighted by molar-refractivity contribution is 8.27. The van der Waals surface area contributed by atoms with Crippen molar-refractivity contribution in [3.63, 3.8) is 0 Å². The van der Waals surface area contributed by atoms with Gasteiger partial charge in [0.15, 0.2) is 0 Å². The van der Waals surface area contributed by atoms with Gasteiger partial charge >= 0.3 is 0 Å². The van der Waals surface area contributed by atoms with Gasteiger partial charge in [-0.1, -0.05) is 53.4 Å². The summed E-state index contributed by atoms with van der Waals surface area (Å²) in [5, 5.41) is 1.63. The predicted molar refractivity (Wildman–Crippen MR) is 99.5 cm³/mol. The number of fused-ring (bicyclic) bond motifs is 1. The van der Waals surface area contributed by atoms with Gasteiger partial charge in [-0.25, -0.2) is 0 Å². The van der Waals surface area contributed by atoms with E-state index >= 15 is 0 Å². The van der Waals surface area contributed by atoms with Gasteiger partial charge in [-0.3, -0.25) is 9.69 Å². The Bertz CT molecular complexity index is 717. The van der Waals surface area contributed by atoms with E-state index in [0.29, 0.717) is 20.8 Å². The summed E-state index contributed by atoms with van der Waals surface area (Å²) < 4.78 is 0.582. The molecule has 3 rings (SSSR count). The zero-order valence-electron chi connectivity index (χ0n) is 11.8. The third-order valence-electron chi connectivity index (χ3n) is 3.33. The standard InChI is InChI=1S/C15H13ClN2OS3/c1-3-7-18-13(19)12(22-15(18)20)14-17(4-2)10-8-9(16)5-6-11(10)21-14/h3,5-6,8H,1,4,7H2,2H3/b14-12+. The Morgan fingerprint density at radius 3 is 2.82 bits per heavy atom. The van der Waals surface area contributed by atoms with Gasteiger partial charge in [-0.05, 0) is 25.1 Å². The number of hydrogen-bond acceptors (Lipinski definition) is 5. The third-order valence-corrected chi connectivity index (χ3v) is 6.32. The van der Waals surface area contributed by atoms with Gasteiger partial charge in [-0.15, -0.1) is 6.58 Å². The summed E-state index contributed by atoms with van der Waals surface area (Å²) in [6.45, 7) is 6.94. The van der Waals surface area contributed by atoms with Crippen molar-refractivity contribution < 1.29 is 4.79 Å². The first-order valence-electron chi connectivity index (χ1n) is 6.70. The number of anilines is 1. The number of thioether (sulfide) groups is 2. The summed E-state index contributed by atoms with van der Waals surface area (Å²) >= 11 is 14.4. The molecule has 0 aliphatic carbocycles. The number of carbonyl (C=O) groups excluding carboxylic acids is 1. The first-order valence-corrected chi connectivity index (χ1v) is 9.12. The average Bonchev–Trinajstić information content (AvgIpc) is 2.98. The fourth-order valence-corrected chi connectivity index (χ4v) is 5.15. The molecule has 1 aromatic carbocycles. The van der Waals surface area contributed by atoms with Crippen molar-refractivity contribution >= 4 is 63.3 Å². The van der Waals surface area contributed by atoms with Gasteiger partial charge in [-0.2, -0.15) is 0 Å². The fraction of sp³-hybridized carbons (Fsp3) is 0.200. The summed E-state index contributed by atoms with van der Waals surface area (Å²) in [6, 6.07) is 5.79. The van der Waals surface area contributed by atoms with Crippen LogP contribution in [0.15, 0.2) is 45.7 Å². The number of thiocarbonyl (C=S) groups is 1. The van der Waals surface area contributed by atoms with Crippen LogP contribution in [-0.2, 0) is 4.79 Å². The molecule has 0 N–H and O–H groups in total. The molecule has 2 aliphatic heterocycles. The predicted octanol–water partition coefficient (Wildman–Crippen LogP) is 4.49. The van der Waals surface area contributed by atoms with Crippen molar-refractivity contribution in [3.05, 3.63) is 45.8 Å². The lowest BCUT2D eigenvalue weighted by Gasteiger charge is -2.19. The summed E-state index contributed by atoms with van der Waals surface area (Å²) in [7, 11) is 0. The third kappa shape index (κ3) is 2.58. The Labute approximate surface area is 148 Å². The highest BCUT2D eigenvalue weighted by Crippen LogP contribution is 2.51. The number of halogens is 1. The van der Waals surface area contributed by atoms with Crippen LogP contribution < -0.4 is 4.90 Å². The summed E-state index contributed by atoms with van der Waals surface area (Å²) in [4.78, 5) is 18.1. The second-order valence-corrected chi connectivity index (χ2v) is 7.78. The average molecular weight is 369 g/mol. The maximum Gasteiger partial charge on any atom is 0.269 e. The first kappa shape index (κ1) is 15.9. The number of carbonyl (C=O) groups is 1. The maximum atomic E-state index is 12.6. The molecule has 0 unspecified atom stereocenters. The SMILES string of the molecule is C=CCN1C(=O)/C(=C2\Sc3ccc(Cl)cc3N2CC)SC1=S. The summed E-state index contributed by atoms with van der Waals surface area (Å²) in [5.41, 5.74) is 1.05. The van der Waals surface area contributed by atoms with E-state index in [1.165, 1.54) is 11.8 Å². The van der Waals surface area contributed by atoms with Crippen LogP contribution in [-0.4, -0.2) is 28.2 Å². The Morgan fingerprint density at radius 1 is 1.36 bits per heavy atom. The lowest BCUT2D eigenvalue weighted by atomic mass is 10.3. The second-order valence-electron chi connectivity index (χ2n) is 4.67. The molecule has 0 spiro atoms. The number of hydrogen-bond donors (Lipinski definition) is 0. The summed E-state index contributed by atoms with van der Waals surface area (Å²) in [5.74, 6) is -0.0465. The summed E-state index contributed by atoms with van der Waals surface area (Å²) in [6.07, 6.45) is 1.69. The van der Waals surface area contributed by atoms with Crippen molar-refractivity contribution in [2.45, 2.75) is 11.8 Å². The van der Waals surface area contributed by atoms with Crippen LogP contribution in [0.2, 0.25) is 5.02 Å². The highest BCUT2D eigenvalue weighted by atomic mass is 35.5.